The van der Waals surface area contributed by atoms with E-state index in [-0.39, 0.29) is 48.8 Å². The van der Waals surface area contributed by atoms with E-state index in [1.54, 1.807) is 25.3 Å². The van der Waals surface area contributed by atoms with Crippen LogP contribution >= 0.6 is 0 Å². The molecule has 8 rings (SSSR count). The molecule has 0 spiro atoms. The number of pyridine rings is 1. The zero-order valence-corrected chi connectivity index (χ0v) is 40.6. The van der Waals surface area contributed by atoms with Crippen molar-refractivity contribution < 1.29 is 33.4 Å². The van der Waals surface area contributed by atoms with E-state index in [9.17, 15) is 24.0 Å². The number of fused-ring (bicyclic) bond motifs is 6. The summed E-state index contributed by atoms with van der Waals surface area (Å²) >= 11 is 0. The second-order valence-corrected chi connectivity index (χ2v) is 20.3. The Kier molecular flexibility index (Phi) is 13.9. The van der Waals surface area contributed by atoms with Crippen LogP contribution in [0.5, 0.6) is 0 Å². The average molecular weight is 917 g/mol. The molecular formula is C52H68N8O7. The van der Waals surface area contributed by atoms with Gasteiger partial charge in [-0.2, -0.15) is 0 Å². The third-order valence-corrected chi connectivity index (χ3v) is 14.2. The summed E-state index contributed by atoms with van der Waals surface area (Å²) in [5, 5.41) is 8.68. The maximum absolute atomic E-state index is 14.8. The van der Waals surface area contributed by atoms with Gasteiger partial charge in [0.1, 0.15) is 18.1 Å². The molecule has 0 aliphatic carbocycles. The molecule has 2 aromatic heterocycles. The number of cyclic esters (lactones) is 1. The Labute approximate surface area is 394 Å². The minimum Gasteiger partial charge on any atom is -0.464 e. The molecule has 2 aromatic carbocycles. The van der Waals surface area contributed by atoms with Crippen LogP contribution in [0.15, 0.2) is 60.8 Å². The van der Waals surface area contributed by atoms with Crippen LogP contribution in [0.4, 0.5) is 0 Å². The summed E-state index contributed by atoms with van der Waals surface area (Å²) in [6.45, 7) is 16.7. The first-order chi connectivity index (χ1) is 32.0. The zero-order chi connectivity index (χ0) is 47.9. The summed E-state index contributed by atoms with van der Waals surface area (Å²) in [5.41, 5.74) is 10.5. The lowest BCUT2D eigenvalue weighted by Gasteiger charge is -2.37. The van der Waals surface area contributed by atoms with Crippen LogP contribution in [-0.2, 0) is 52.8 Å². The summed E-state index contributed by atoms with van der Waals surface area (Å²) in [7, 11) is 3.33. The van der Waals surface area contributed by atoms with E-state index in [0.29, 0.717) is 52.0 Å². The summed E-state index contributed by atoms with van der Waals surface area (Å²) in [4.78, 5) is 78.5. The van der Waals surface area contributed by atoms with E-state index in [2.05, 4.69) is 77.8 Å². The van der Waals surface area contributed by atoms with Gasteiger partial charge in [0.05, 0.1) is 36.1 Å². The fraction of sp³-hybridized carbons (Fsp3) is 0.538. The summed E-state index contributed by atoms with van der Waals surface area (Å²) in [6, 6.07) is 15.7. The van der Waals surface area contributed by atoms with Crippen LogP contribution in [0.3, 0.4) is 0 Å². The van der Waals surface area contributed by atoms with Gasteiger partial charge in [0, 0.05) is 81.4 Å². The van der Waals surface area contributed by atoms with Crippen LogP contribution in [0.2, 0.25) is 0 Å². The third kappa shape index (κ3) is 9.86. The van der Waals surface area contributed by atoms with Crippen molar-refractivity contribution in [3.8, 4) is 22.4 Å². The molecule has 0 radical (unpaired) electrons. The van der Waals surface area contributed by atoms with Gasteiger partial charge in [-0.25, -0.2) is 5.43 Å². The number of benzene rings is 2. The van der Waals surface area contributed by atoms with Gasteiger partial charge in [-0.05, 0) is 91.5 Å². The van der Waals surface area contributed by atoms with Gasteiger partial charge < -0.3 is 34.5 Å². The molecule has 358 valence electrons. The SMILES string of the molecule is CCn1c(-c2cccnc2[C@H](C)OC)c2c3cc(ccc31)-c1cccc(c1)C[C@H](NC(=O)[C@H](C(C)C)N(C)C(=O)[C@@H]1CN(C(=O)[C@H]3CN3)C[C@@H]1C)C(=O)N1CCC[C@H](N1)C(=O)OCC(C)(C)C2. The number of methoxy groups -OCH3 is 1. The molecule has 67 heavy (non-hydrogen) atoms. The largest absolute Gasteiger partial charge is 0.464 e. The lowest BCUT2D eigenvalue weighted by molar-refractivity contribution is -0.155. The standard InChI is InChI=1S/C52H68N8O7/c1-10-59-43-19-18-35-24-37(43)38(46(59)36-16-12-20-53-44(36)32(5)66-9)25-52(6,7)29-67-51(65)40-17-13-21-60(56-40)50(64)41(23-33-14-11-15-34(35)22-33)55-47(61)45(30(2)3)57(8)48(62)39-28-58(27-31(39)4)49(63)42-26-54-42/h11-12,14-16,18-20,22,24,30-32,39-42,45,54,56H,10,13,17,21,23,25-29H2,1-9H3,(H,55,61)/t31-,32-,39+,40-,41-,42+,45-/m0/s1. The fourth-order valence-corrected chi connectivity index (χ4v) is 10.5. The Morgan fingerprint density at radius 2 is 1.81 bits per heavy atom. The van der Waals surface area contributed by atoms with Crippen LogP contribution < -0.4 is 16.1 Å². The molecule has 4 aliphatic heterocycles. The van der Waals surface area contributed by atoms with Gasteiger partial charge in [-0.1, -0.05) is 65.0 Å². The predicted octanol–water partition coefficient (Wildman–Crippen LogP) is 5.30. The number of rotatable bonds is 10. The quantitative estimate of drug-likeness (QED) is 0.140. The number of hydrogen-bond donors (Lipinski definition) is 3. The number of nitrogens with one attached hydrogen (secondary N) is 3. The number of hydrogen-bond acceptors (Lipinski definition) is 10. The van der Waals surface area contributed by atoms with Gasteiger partial charge in [-0.15, -0.1) is 0 Å². The first kappa shape index (κ1) is 47.8. The number of nitrogens with zero attached hydrogens (tertiary/aromatic N) is 5. The van der Waals surface area contributed by atoms with Crippen LogP contribution in [0.25, 0.3) is 33.3 Å². The molecule has 15 nitrogen and oxygen atoms in total. The second-order valence-electron chi connectivity index (χ2n) is 20.3. The molecule has 3 fully saturated rings. The number of amides is 4. The normalized spacial score (nSPS) is 23.9. The Morgan fingerprint density at radius 1 is 1.04 bits per heavy atom. The maximum Gasteiger partial charge on any atom is 0.324 e. The van der Waals surface area contributed by atoms with Gasteiger partial charge >= 0.3 is 5.97 Å². The van der Waals surface area contributed by atoms with E-state index in [1.807, 2.05) is 45.9 Å². The number of aryl methyl sites for hydroxylation is 1. The van der Waals surface area contributed by atoms with Gasteiger partial charge in [0.2, 0.25) is 17.7 Å². The minimum atomic E-state index is -1.05. The molecule has 3 saturated heterocycles. The number of carbonyl (C=O) groups excluding carboxylic acids is 5. The zero-order valence-electron chi connectivity index (χ0n) is 40.6. The maximum atomic E-state index is 14.8. The Bertz CT molecular complexity index is 2530. The summed E-state index contributed by atoms with van der Waals surface area (Å²) < 4.78 is 14.3. The summed E-state index contributed by atoms with van der Waals surface area (Å²) in [5.74, 6) is -2.34. The highest BCUT2D eigenvalue weighted by atomic mass is 16.5. The van der Waals surface area contributed by atoms with E-state index < -0.39 is 47.2 Å². The number of hydrazine groups is 1. The highest BCUT2D eigenvalue weighted by molar-refractivity contribution is 5.96. The third-order valence-electron chi connectivity index (χ3n) is 14.2. The molecule has 6 bridgehead atoms. The predicted molar refractivity (Wildman–Crippen MR) is 256 cm³/mol. The second kappa shape index (κ2) is 19.5. The van der Waals surface area contributed by atoms with Crippen LogP contribution in [0, 0.1) is 23.2 Å². The number of esters is 1. The summed E-state index contributed by atoms with van der Waals surface area (Å²) in [6.07, 6.45) is 3.31. The lowest BCUT2D eigenvalue weighted by Crippen LogP contribution is -2.62. The highest BCUT2D eigenvalue weighted by Crippen LogP contribution is 2.42. The molecule has 0 unspecified atom stereocenters. The molecule has 4 aromatic rings. The lowest BCUT2D eigenvalue weighted by atomic mass is 9.84. The van der Waals surface area contributed by atoms with Crippen molar-refractivity contribution >= 4 is 40.5 Å². The average Bonchev–Trinajstić information content (AvgIpc) is 4.04. The van der Waals surface area contributed by atoms with Crippen molar-refractivity contribution in [3.63, 3.8) is 0 Å². The number of likely N-dealkylation sites (tertiary alicyclic amines) is 1. The van der Waals surface area contributed by atoms with E-state index in [4.69, 9.17) is 14.5 Å². The van der Waals surface area contributed by atoms with Gasteiger partial charge in [0.25, 0.3) is 5.91 Å². The molecule has 15 heteroatoms. The molecule has 6 heterocycles. The topological polar surface area (TPSA) is 177 Å². The van der Waals surface area contributed by atoms with E-state index >= 15 is 0 Å². The Morgan fingerprint density at radius 3 is 2.52 bits per heavy atom. The fourth-order valence-electron chi connectivity index (χ4n) is 10.5. The van der Waals surface area contributed by atoms with Crippen molar-refractivity contribution in [3.05, 3.63) is 77.6 Å². The van der Waals surface area contributed by atoms with Crippen LogP contribution in [0.1, 0.15) is 84.2 Å². The minimum absolute atomic E-state index is 0.00429. The first-order valence-corrected chi connectivity index (χ1v) is 24.1. The molecule has 0 saturated carbocycles. The number of carbonyl (C=O) groups is 5. The molecular weight excluding hydrogens is 849 g/mol. The number of ether oxygens (including phenoxy) is 2. The van der Waals surface area contributed by atoms with Crippen molar-refractivity contribution in [1.82, 2.24) is 40.4 Å². The number of aromatic nitrogens is 2. The van der Waals surface area contributed by atoms with E-state index in [1.165, 1.54) is 9.91 Å². The van der Waals surface area contributed by atoms with Crippen molar-refractivity contribution in [1.29, 1.82) is 0 Å². The molecule has 3 N–H and O–H groups in total. The Balaban J connectivity index is 1.16. The van der Waals surface area contributed by atoms with Crippen molar-refractivity contribution in [2.24, 2.45) is 23.2 Å². The smallest absolute Gasteiger partial charge is 0.324 e. The monoisotopic (exact) mass is 917 g/mol. The van der Waals surface area contributed by atoms with Crippen molar-refractivity contribution in [2.45, 2.75) is 111 Å². The van der Waals surface area contributed by atoms with Crippen LogP contribution in [-0.4, -0.2) is 125 Å². The van der Waals surface area contributed by atoms with Gasteiger partial charge in [0.15, 0.2) is 0 Å². The molecule has 4 aliphatic rings. The Hall–Kier alpha value is -5.64. The molecule has 7 atom stereocenters. The highest BCUT2D eigenvalue weighted by Gasteiger charge is 2.45. The van der Waals surface area contributed by atoms with Gasteiger partial charge in [-0.3, -0.25) is 34.0 Å². The number of likely N-dealkylation sites (N-methyl/N-ethyl adjacent to an activating group) is 1. The molecule has 4 amide bonds. The first-order valence-electron chi connectivity index (χ1n) is 24.1. The van der Waals surface area contributed by atoms with Crippen molar-refractivity contribution in [2.75, 3.05) is 46.9 Å². The van der Waals surface area contributed by atoms with E-state index in [0.717, 1.165) is 50.1 Å².